The van der Waals surface area contributed by atoms with Crippen molar-refractivity contribution in [1.82, 2.24) is 9.55 Å². The highest BCUT2D eigenvalue weighted by Crippen LogP contribution is 2.32. The molecule has 1 aliphatic heterocycles. The zero-order valence-corrected chi connectivity index (χ0v) is 16.1. The monoisotopic (exact) mass is 422 g/mol. The first-order valence-electron chi connectivity index (χ1n) is 8.50. The van der Waals surface area contributed by atoms with E-state index in [0.29, 0.717) is 39.1 Å². The lowest BCUT2D eigenvalue weighted by atomic mass is 10.2. The maximum Gasteiger partial charge on any atom is 0.261 e. The summed E-state index contributed by atoms with van der Waals surface area (Å²) < 4.78 is 17.4. The maximum atomic E-state index is 12.6. The fourth-order valence-corrected chi connectivity index (χ4v) is 3.49. The normalized spacial score (nSPS) is 13.8. The van der Waals surface area contributed by atoms with Gasteiger partial charge < -0.3 is 19.3 Å². The summed E-state index contributed by atoms with van der Waals surface area (Å²) in [4.78, 5) is 16.8. The summed E-state index contributed by atoms with van der Waals surface area (Å²) in [5, 5.41) is 11.2. The minimum absolute atomic E-state index is 0.0348. The highest BCUT2D eigenvalue weighted by molar-refractivity contribution is 6.38. The average Bonchev–Trinajstić information content (AvgIpc) is 3.12. The molecule has 0 aliphatic carbocycles. The molecule has 28 heavy (non-hydrogen) atoms. The van der Waals surface area contributed by atoms with Crippen molar-refractivity contribution in [3.63, 3.8) is 0 Å². The molecule has 0 fully saturated rings. The smallest absolute Gasteiger partial charge is 0.261 e. The molecule has 2 heterocycles. The fourth-order valence-electron chi connectivity index (χ4n) is 2.95. The van der Waals surface area contributed by atoms with Crippen LogP contribution < -0.4 is 15.0 Å². The van der Waals surface area contributed by atoms with E-state index in [1.54, 1.807) is 0 Å². The van der Waals surface area contributed by atoms with E-state index in [1.807, 2.05) is 18.2 Å². The summed E-state index contributed by atoms with van der Waals surface area (Å²) in [5.74, 6) is 1.37. The lowest BCUT2D eigenvalue weighted by Gasteiger charge is -2.14. The number of aliphatic hydroxyl groups is 1. The topological polar surface area (TPSA) is 82.8 Å². The molecule has 1 aromatic heterocycles. The number of hydrogen-bond acceptors (Lipinski definition) is 6. The minimum Gasteiger partial charge on any atom is -0.454 e. The quantitative estimate of drug-likeness (QED) is 0.657. The van der Waals surface area contributed by atoms with Gasteiger partial charge in [0.25, 0.3) is 5.56 Å². The van der Waals surface area contributed by atoms with E-state index in [0.717, 1.165) is 5.56 Å². The second-order valence-corrected chi connectivity index (χ2v) is 7.19. The van der Waals surface area contributed by atoms with E-state index >= 15 is 0 Å². The molecule has 9 heteroatoms. The van der Waals surface area contributed by atoms with Gasteiger partial charge in [0.15, 0.2) is 11.5 Å². The van der Waals surface area contributed by atoms with Crippen LogP contribution in [-0.2, 0) is 17.9 Å². The number of rotatable bonds is 6. The van der Waals surface area contributed by atoms with Gasteiger partial charge in [0.2, 0.25) is 6.79 Å². The number of hydrogen-bond donors (Lipinski definition) is 1. The van der Waals surface area contributed by atoms with Crippen molar-refractivity contribution in [3.05, 3.63) is 62.6 Å². The summed E-state index contributed by atoms with van der Waals surface area (Å²) in [6.07, 6.45) is 0.464. The Labute approximate surface area is 170 Å². The van der Waals surface area contributed by atoms with Crippen LogP contribution in [0, 0.1) is 0 Å². The van der Waals surface area contributed by atoms with Gasteiger partial charge >= 0.3 is 0 Å². The molecule has 1 aliphatic rings. The fraction of sp³-hybridized carbons (Fsp3) is 0.263. The maximum absolute atomic E-state index is 12.6. The van der Waals surface area contributed by atoms with Crippen molar-refractivity contribution in [2.24, 2.45) is 0 Å². The second-order valence-electron chi connectivity index (χ2n) is 6.34. The third kappa shape index (κ3) is 3.93. The number of ether oxygens (including phenoxy) is 3. The first-order valence-corrected chi connectivity index (χ1v) is 9.25. The summed E-state index contributed by atoms with van der Waals surface area (Å²) in [6, 6.07) is 8.55. The zero-order valence-electron chi connectivity index (χ0n) is 14.6. The SMILES string of the molecule is O=c1c2cc(Cl)cc(Cl)c2ncn1C[C@@H](O)COCc1ccc2c(c1)OCO2. The van der Waals surface area contributed by atoms with Crippen LogP contribution in [0.25, 0.3) is 10.9 Å². The van der Waals surface area contributed by atoms with Crippen LogP contribution in [0.2, 0.25) is 10.0 Å². The van der Waals surface area contributed by atoms with Gasteiger partial charge in [-0.2, -0.15) is 0 Å². The molecule has 0 saturated heterocycles. The Kier molecular flexibility index (Phi) is 5.41. The molecule has 0 unspecified atom stereocenters. The lowest BCUT2D eigenvalue weighted by Crippen LogP contribution is -2.29. The predicted molar refractivity (Wildman–Crippen MR) is 104 cm³/mol. The van der Waals surface area contributed by atoms with Crippen LogP contribution in [0.1, 0.15) is 5.56 Å². The van der Waals surface area contributed by atoms with E-state index in [1.165, 1.54) is 23.0 Å². The molecule has 0 saturated carbocycles. The Balaban J connectivity index is 1.39. The number of halogens is 2. The van der Waals surface area contributed by atoms with Crippen LogP contribution in [0.4, 0.5) is 0 Å². The largest absolute Gasteiger partial charge is 0.454 e. The van der Waals surface area contributed by atoms with Crippen molar-refractivity contribution in [2.45, 2.75) is 19.3 Å². The van der Waals surface area contributed by atoms with Crippen molar-refractivity contribution in [3.8, 4) is 11.5 Å². The van der Waals surface area contributed by atoms with E-state index in [2.05, 4.69) is 4.98 Å². The van der Waals surface area contributed by atoms with E-state index in [-0.39, 0.29) is 25.5 Å². The summed E-state index contributed by atoms with van der Waals surface area (Å²) in [6.45, 7) is 0.593. The van der Waals surface area contributed by atoms with Gasteiger partial charge in [-0.15, -0.1) is 0 Å². The first-order chi connectivity index (χ1) is 13.5. The highest BCUT2D eigenvalue weighted by atomic mass is 35.5. The van der Waals surface area contributed by atoms with Crippen LogP contribution in [-0.4, -0.2) is 34.2 Å². The van der Waals surface area contributed by atoms with Gasteiger partial charge in [-0.25, -0.2) is 4.98 Å². The van der Waals surface area contributed by atoms with Gasteiger partial charge in [0, 0.05) is 5.02 Å². The molecule has 3 aromatic rings. The van der Waals surface area contributed by atoms with Crippen LogP contribution in [0.3, 0.4) is 0 Å². The van der Waals surface area contributed by atoms with Crippen LogP contribution in [0.5, 0.6) is 11.5 Å². The molecule has 1 N–H and O–H groups in total. The molecule has 0 radical (unpaired) electrons. The van der Waals surface area contributed by atoms with E-state index in [9.17, 15) is 9.90 Å². The Morgan fingerprint density at radius 1 is 1.21 bits per heavy atom. The molecule has 146 valence electrons. The molecule has 2 aromatic carbocycles. The number of aromatic nitrogens is 2. The van der Waals surface area contributed by atoms with Gasteiger partial charge in [-0.1, -0.05) is 29.3 Å². The summed E-state index contributed by atoms with van der Waals surface area (Å²) in [5.41, 5.74) is 0.940. The molecular weight excluding hydrogens is 407 g/mol. The summed E-state index contributed by atoms with van der Waals surface area (Å²) in [7, 11) is 0. The van der Waals surface area contributed by atoms with E-state index in [4.69, 9.17) is 37.4 Å². The first kappa shape index (κ1) is 19.0. The predicted octanol–water partition coefficient (Wildman–Crippen LogP) is 3.01. The van der Waals surface area contributed by atoms with Gasteiger partial charge in [0.05, 0.1) is 48.1 Å². The number of aliphatic hydroxyl groups excluding tert-OH is 1. The molecule has 4 rings (SSSR count). The van der Waals surface area contributed by atoms with Crippen molar-refractivity contribution in [1.29, 1.82) is 0 Å². The Morgan fingerprint density at radius 3 is 2.89 bits per heavy atom. The van der Waals surface area contributed by atoms with Gasteiger partial charge in [-0.05, 0) is 29.8 Å². The third-order valence-electron chi connectivity index (χ3n) is 4.27. The molecule has 7 nitrogen and oxygen atoms in total. The molecular formula is C19H16Cl2N2O5. The van der Waals surface area contributed by atoms with Gasteiger partial charge in [0.1, 0.15) is 0 Å². The number of fused-ring (bicyclic) bond motifs is 2. The Bertz CT molecular complexity index is 1090. The standard InChI is InChI=1S/C19H16Cl2N2O5/c20-12-4-14-18(15(21)5-12)22-9-23(19(14)25)6-13(24)8-26-7-11-1-2-16-17(3-11)28-10-27-16/h1-5,9,13,24H,6-8,10H2/t13-/m1/s1. The highest BCUT2D eigenvalue weighted by Gasteiger charge is 2.14. The minimum atomic E-state index is -0.888. The third-order valence-corrected chi connectivity index (χ3v) is 4.78. The average molecular weight is 423 g/mol. The van der Waals surface area contributed by atoms with E-state index < -0.39 is 6.10 Å². The number of nitrogens with zero attached hydrogens (tertiary/aromatic N) is 2. The van der Waals surface area contributed by atoms with Crippen molar-refractivity contribution >= 4 is 34.1 Å². The Hall–Kier alpha value is -2.32. The molecule has 0 spiro atoms. The molecule has 0 bridgehead atoms. The van der Waals surface area contributed by atoms with Crippen molar-refractivity contribution in [2.75, 3.05) is 13.4 Å². The Morgan fingerprint density at radius 2 is 2.04 bits per heavy atom. The lowest BCUT2D eigenvalue weighted by molar-refractivity contribution is 0.0198. The molecule has 0 amide bonds. The molecule has 1 atom stereocenters. The van der Waals surface area contributed by atoms with Crippen LogP contribution in [0.15, 0.2) is 41.5 Å². The van der Waals surface area contributed by atoms with Gasteiger partial charge in [-0.3, -0.25) is 9.36 Å². The zero-order chi connectivity index (χ0) is 19.7. The second kappa shape index (κ2) is 7.97. The number of benzene rings is 2. The van der Waals surface area contributed by atoms with Crippen LogP contribution >= 0.6 is 23.2 Å². The van der Waals surface area contributed by atoms with Crippen molar-refractivity contribution < 1.29 is 19.3 Å². The summed E-state index contributed by atoms with van der Waals surface area (Å²) >= 11 is 12.0.